The van der Waals surface area contributed by atoms with E-state index in [1.165, 1.54) is 21.2 Å². The van der Waals surface area contributed by atoms with Gasteiger partial charge < -0.3 is 15.4 Å². The molecule has 35 heavy (non-hydrogen) atoms. The van der Waals surface area contributed by atoms with Gasteiger partial charge in [-0.3, -0.25) is 9.69 Å². The van der Waals surface area contributed by atoms with Gasteiger partial charge in [-0.2, -0.15) is 0 Å². The number of ether oxygens (including phenoxy) is 1. The summed E-state index contributed by atoms with van der Waals surface area (Å²) in [6.45, 7) is 7.61. The average Bonchev–Trinajstić information content (AvgIpc) is 3.32. The molecule has 0 spiro atoms. The first-order valence-corrected chi connectivity index (χ1v) is 14.3. The zero-order valence-corrected chi connectivity index (χ0v) is 22.7. The summed E-state index contributed by atoms with van der Waals surface area (Å²) >= 11 is 5.32. The van der Waals surface area contributed by atoms with Crippen LogP contribution in [0.3, 0.4) is 0 Å². The van der Waals surface area contributed by atoms with Gasteiger partial charge >= 0.3 is 0 Å². The first-order chi connectivity index (χ1) is 17.0. The Bertz CT molecular complexity index is 1170. The Morgan fingerprint density at radius 3 is 2.69 bits per heavy atom. The molecule has 0 saturated carbocycles. The minimum atomic E-state index is 0.199. The van der Waals surface area contributed by atoms with Crippen LogP contribution < -0.4 is 15.4 Å². The quantitative estimate of drug-likeness (QED) is 0.357. The van der Waals surface area contributed by atoms with Gasteiger partial charge in [0.25, 0.3) is 0 Å². The van der Waals surface area contributed by atoms with Crippen molar-refractivity contribution in [3.63, 3.8) is 0 Å². The standard InChI is InChI=1S/C28H34BrN3O2S/c1-19-3-2-4-27-23(19)16-28(35-27)25(33)17-31-21-9-13-32(14-10-21)18-20-5-6-26(24(29)15-20)34-22-7-11-30-12-8-22/h2-6,15-16,21-22,30-31H,7-14,17-18H2,1H3. The maximum Gasteiger partial charge on any atom is 0.186 e. The first-order valence-electron chi connectivity index (χ1n) is 12.7. The van der Waals surface area contributed by atoms with Crippen molar-refractivity contribution in [2.45, 2.75) is 51.3 Å². The van der Waals surface area contributed by atoms with E-state index in [9.17, 15) is 4.79 Å². The largest absolute Gasteiger partial charge is 0.489 e. The molecule has 2 aliphatic heterocycles. The number of carbonyl (C=O) groups excluding carboxylic acids is 1. The van der Waals surface area contributed by atoms with Crippen LogP contribution in [0.4, 0.5) is 0 Å². The Morgan fingerprint density at radius 2 is 1.94 bits per heavy atom. The molecule has 2 saturated heterocycles. The molecule has 0 amide bonds. The van der Waals surface area contributed by atoms with Crippen molar-refractivity contribution in [3.8, 4) is 5.75 Å². The van der Waals surface area contributed by atoms with Gasteiger partial charge in [-0.05, 0) is 115 Å². The highest BCUT2D eigenvalue weighted by atomic mass is 79.9. The highest BCUT2D eigenvalue weighted by molar-refractivity contribution is 9.10. The minimum absolute atomic E-state index is 0.199. The third-order valence-electron chi connectivity index (χ3n) is 7.18. The van der Waals surface area contributed by atoms with Crippen molar-refractivity contribution in [1.82, 2.24) is 15.5 Å². The molecular weight excluding hydrogens is 522 g/mol. The minimum Gasteiger partial charge on any atom is -0.489 e. The van der Waals surface area contributed by atoms with E-state index in [0.29, 0.717) is 18.7 Å². The van der Waals surface area contributed by atoms with Gasteiger partial charge in [-0.25, -0.2) is 0 Å². The Balaban J connectivity index is 1.07. The molecule has 1 aromatic heterocycles. The van der Waals surface area contributed by atoms with Crippen molar-refractivity contribution in [3.05, 3.63) is 62.9 Å². The summed E-state index contributed by atoms with van der Waals surface area (Å²) in [6.07, 6.45) is 4.56. The Labute approximate surface area is 220 Å². The first kappa shape index (κ1) is 24.9. The predicted octanol–water partition coefficient (Wildman–Crippen LogP) is 5.54. The summed E-state index contributed by atoms with van der Waals surface area (Å²) in [6, 6.07) is 15.2. The van der Waals surface area contributed by atoms with Crippen molar-refractivity contribution >= 4 is 43.1 Å². The van der Waals surface area contributed by atoms with E-state index in [4.69, 9.17) is 4.74 Å². The molecule has 0 aliphatic carbocycles. The number of halogens is 1. The highest BCUT2D eigenvalue weighted by Gasteiger charge is 2.21. The average molecular weight is 557 g/mol. The molecule has 2 aromatic carbocycles. The Hall–Kier alpha value is -1.77. The van der Waals surface area contributed by atoms with Crippen molar-refractivity contribution in [2.75, 3.05) is 32.7 Å². The van der Waals surface area contributed by atoms with Gasteiger partial charge in [0, 0.05) is 17.3 Å². The van der Waals surface area contributed by atoms with E-state index in [0.717, 1.165) is 73.5 Å². The van der Waals surface area contributed by atoms with Crippen LogP contribution in [0.1, 0.15) is 46.5 Å². The molecule has 2 fully saturated rings. The fourth-order valence-electron chi connectivity index (χ4n) is 5.05. The molecule has 186 valence electrons. The molecule has 2 aliphatic rings. The molecule has 2 N–H and O–H groups in total. The number of aryl methyl sites for hydroxylation is 1. The van der Waals surface area contributed by atoms with E-state index in [1.807, 2.05) is 0 Å². The van der Waals surface area contributed by atoms with E-state index in [2.05, 4.69) is 80.9 Å². The van der Waals surface area contributed by atoms with E-state index >= 15 is 0 Å². The van der Waals surface area contributed by atoms with Crippen LogP contribution in [-0.4, -0.2) is 55.6 Å². The van der Waals surface area contributed by atoms with Crippen LogP contribution in [-0.2, 0) is 6.54 Å². The summed E-state index contributed by atoms with van der Waals surface area (Å²) in [7, 11) is 0. The van der Waals surface area contributed by atoms with Crippen LogP contribution in [0.5, 0.6) is 5.75 Å². The summed E-state index contributed by atoms with van der Waals surface area (Å²) in [5.74, 6) is 1.15. The van der Waals surface area contributed by atoms with Gasteiger partial charge in [0.05, 0.1) is 15.9 Å². The molecule has 3 heterocycles. The lowest BCUT2D eigenvalue weighted by atomic mass is 10.0. The fraction of sp³-hybridized carbons (Fsp3) is 0.464. The fourth-order valence-corrected chi connectivity index (χ4v) is 6.65. The summed E-state index contributed by atoms with van der Waals surface area (Å²) in [5, 5.41) is 8.10. The van der Waals surface area contributed by atoms with Crippen molar-refractivity contribution in [2.24, 2.45) is 0 Å². The number of piperidine rings is 2. The number of nitrogens with one attached hydrogen (secondary N) is 2. The second-order valence-electron chi connectivity index (χ2n) is 9.78. The van der Waals surface area contributed by atoms with E-state index < -0.39 is 0 Å². The third-order valence-corrected chi connectivity index (χ3v) is 8.94. The molecule has 3 aromatic rings. The van der Waals surface area contributed by atoms with E-state index in [-0.39, 0.29) is 5.78 Å². The maximum absolute atomic E-state index is 12.8. The van der Waals surface area contributed by atoms with Crippen LogP contribution in [0, 0.1) is 6.92 Å². The lowest BCUT2D eigenvalue weighted by Crippen LogP contribution is -2.43. The molecule has 0 radical (unpaired) electrons. The molecule has 5 nitrogen and oxygen atoms in total. The maximum atomic E-state index is 12.8. The van der Waals surface area contributed by atoms with Gasteiger partial charge in [-0.1, -0.05) is 18.2 Å². The Kier molecular flexibility index (Phi) is 8.20. The van der Waals surface area contributed by atoms with Gasteiger partial charge in [-0.15, -0.1) is 11.3 Å². The van der Waals surface area contributed by atoms with E-state index in [1.54, 1.807) is 11.3 Å². The molecular formula is C28H34BrN3O2S. The molecule has 7 heteroatoms. The number of ketones is 1. The summed E-state index contributed by atoms with van der Waals surface area (Å²) in [5.41, 5.74) is 2.53. The zero-order chi connectivity index (χ0) is 24.2. The molecule has 0 unspecified atom stereocenters. The number of likely N-dealkylation sites (tertiary alicyclic amines) is 1. The number of Topliss-reactive ketones (excluding diaryl/α,β-unsaturated/α-hetero) is 1. The van der Waals surface area contributed by atoms with Crippen molar-refractivity contribution in [1.29, 1.82) is 0 Å². The van der Waals surface area contributed by atoms with Crippen LogP contribution in [0.2, 0.25) is 0 Å². The van der Waals surface area contributed by atoms with Gasteiger partial charge in [0.15, 0.2) is 5.78 Å². The lowest BCUT2D eigenvalue weighted by molar-refractivity contribution is 0.0983. The number of carbonyl (C=O) groups is 1. The predicted molar refractivity (Wildman–Crippen MR) is 148 cm³/mol. The highest BCUT2D eigenvalue weighted by Crippen LogP contribution is 2.30. The number of hydrogen-bond donors (Lipinski definition) is 2. The number of hydrogen-bond acceptors (Lipinski definition) is 6. The van der Waals surface area contributed by atoms with Crippen LogP contribution in [0.15, 0.2) is 46.9 Å². The summed E-state index contributed by atoms with van der Waals surface area (Å²) < 4.78 is 8.45. The number of rotatable bonds is 8. The lowest BCUT2D eigenvalue weighted by Gasteiger charge is -2.32. The number of nitrogens with zero attached hydrogens (tertiary/aromatic N) is 1. The normalized spacial score (nSPS) is 18.2. The monoisotopic (exact) mass is 555 g/mol. The topological polar surface area (TPSA) is 53.6 Å². The molecule has 5 rings (SSSR count). The number of fused-ring (bicyclic) bond motifs is 1. The summed E-state index contributed by atoms with van der Waals surface area (Å²) in [4.78, 5) is 16.1. The Morgan fingerprint density at radius 1 is 1.14 bits per heavy atom. The van der Waals surface area contributed by atoms with Gasteiger partial charge in [0.2, 0.25) is 0 Å². The van der Waals surface area contributed by atoms with Crippen LogP contribution >= 0.6 is 27.3 Å². The number of thiophene rings is 1. The number of benzene rings is 2. The second kappa shape index (κ2) is 11.5. The smallest absolute Gasteiger partial charge is 0.186 e. The third kappa shape index (κ3) is 6.33. The SMILES string of the molecule is Cc1cccc2sc(C(=O)CNC3CCN(Cc4ccc(OC5CCNCC5)c(Br)c4)CC3)cc12. The van der Waals surface area contributed by atoms with Crippen LogP contribution in [0.25, 0.3) is 10.1 Å². The molecule has 0 atom stereocenters. The second-order valence-corrected chi connectivity index (χ2v) is 11.7. The van der Waals surface area contributed by atoms with Crippen molar-refractivity contribution < 1.29 is 9.53 Å². The van der Waals surface area contributed by atoms with Gasteiger partial charge in [0.1, 0.15) is 11.9 Å². The molecule has 0 bridgehead atoms. The zero-order valence-electron chi connectivity index (χ0n) is 20.3.